The summed E-state index contributed by atoms with van der Waals surface area (Å²) in [5.74, 6) is 0.346. The third-order valence-corrected chi connectivity index (χ3v) is 2.96. The maximum Gasteiger partial charge on any atom is 0.315 e. The Labute approximate surface area is 125 Å². The summed E-state index contributed by atoms with van der Waals surface area (Å²) in [7, 11) is 0. The molecule has 0 aliphatic heterocycles. The van der Waals surface area contributed by atoms with Gasteiger partial charge in [-0.05, 0) is 12.1 Å². The summed E-state index contributed by atoms with van der Waals surface area (Å²) in [5, 5.41) is 25.5. The Morgan fingerprint density at radius 2 is 2.05 bits per heavy atom. The minimum absolute atomic E-state index is 0.0137. The number of carbonyl (C=O) groups is 1. The fourth-order valence-corrected chi connectivity index (χ4v) is 1.85. The van der Waals surface area contributed by atoms with E-state index in [-0.39, 0.29) is 18.8 Å². The van der Waals surface area contributed by atoms with Crippen LogP contribution in [0.25, 0.3) is 0 Å². The number of amides is 2. The number of furan rings is 1. The lowest BCUT2D eigenvalue weighted by Gasteiger charge is -2.11. The SMILES string of the molecule is O=C(NCc1ccccc1[N+](=O)[O-])NCC(O)c1ccco1. The van der Waals surface area contributed by atoms with Crippen LogP contribution in [0, 0.1) is 10.1 Å². The lowest BCUT2D eigenvalue weighted by atomic mass is 10.2. The number of hydrogen-bond acceptors (Lipinski definition) is 5. The van der Waals surface area contributed by atoms with Crippen molar-refractivity contribution in [1.82, 2.24) is 10.6 Å². The molecule has 0 aliphatic rings. The minimum Gasteiger partial charge on any atom is -0.467 e. The predicted molar refractivity (Wildman–Crippen MR) is 77.0 cm³/mol. The van der Waals surface area contributed by atoms with Crippen molar-refractivity contribution >= 4 is 11.7 Å². The Kier molecular flexibility index (Phi) is 5.10. The Morgan fingerprint density at radius 3 is 2.73 bits per heavy atom. The maximum atomic E-state index is 11.6. The van der Waals surface area contributed by atoms with Gasteiger partial charge in [0, 0.05) is 11.6 Å². The normalized spacial score (nSPS) is 11.7. The van der Waals surface area contributed by atoms with Gasteiger partial charge in [-0.2, -0.15) is 0 Å². The van der Waals surface area contributed by atoms with E-state index in [0.717, 1.165) is 0 Å². The number of nitrogens with zero attached hydrogens (tertiary/aromatic N) is 1. The molecule has 0 saturated carbocycles. The van der Waals surface area contributed by atoms with E-state index in [1.165, 1.54) is 12.3 Å². The molecule has 3 N–H and O–H groups in total. The molecule has 8 heteroatoms. The summed E-state index contributed by atoms with van der Waals surface area (Å²) in [5.41, 5.74) is 0.340. The summed E-state index contributed by atoms with van der Waals surface area (Å²) >= 11 is 0. The molecule has 2 aromatic rings. The standard InChI is InChI=1S/C14H15N3O5/c18-12(13-6-3-7-22-13)9-16-14(19)15-8-10-4-1-2-5-11(10)17(20)21/h1-7,12,18H,8-9H2,(H2,15,16,19). The first kappa shape index (κ1) is 15.5. The van der Waals surface area contributed by atoms with Crippen molar-refractivity contribution < 1.29 is 19.2 Å². The van der Waals surface area contributed by atoms with Crippen LogP contribution in [0.2, 0.25) is 0 Å². The zero-order valence-corrected chi connectivity index (χ0v) is 11.6. The number of nitro groups is 1. The molecule has 22 heavy (non-hydrogen) atoms. The van der Waals surface area contributed by atoms with Crippen LogP contribution in [0.3, 0.4) is 0 Å². The number of para-hydroxylation sites is 1. The highest BCUT2D eigenvalue weighted by Crippen LogP contribution is 2.17. The molecule has 0 spiro atoms. The van der Waals surface area contributed by atoms with Crippen molar-refractivity contribution in [2.24, 2.45) is 0 Å². The molecule has 0 bridgehead atoms. The van der Waals surface area contributed by atoms with Crippen LogP contribution in [-0.2, 0) is 6.54 Å². The number of nitro benzene ring substituents is 1. The number of benzene rings is 1. The van der Waals surface area contributed by atoms with Gasteiger partial charge in [0.05, 0.1) is 24.3 Å². The molecule has 1 aromatic carbocycles. The van der Waals surface area contributed by atoms with E-state index in [1.54, 1.807) is 30.3 Å². The number of aliphatic hydroxyl groups excluding tert-OH is 1. The molecule has 2 amide bonds. The second-order valence-electron chi connectivity index (χ2n) is 4.48. The first-order chi connectivity index (χ1) is 10.6. The first-order valence-electron chi connectivity index (χ1n) is 6.53. The fraction of sp³-hybridized carbons (Fsp3) is 0.214. The third-order valence-electron chi connectivity index (χ3n) is 2.96. The van der Waals surface area contributed by atoms with Crippen molar-refractivity contribution in [3.63, 3.8) is 0 Å². The highest BCUT2D eigenvalue weighted by molar-refractivity contribution is 5.74. The van der Waals surface area contributed by atoms with Gasteiger partial charge in [0.15, 0.2) is 0 Å². The Bertz CT molecular complexity index is 642. The van der Waals surface area contributed by atoms with Gasteiger partial charge in [0.2, 0.25) is 0 Å². The Hall–Kier alpha value is -2.87. The van der Waals surface area contributed by atoms with Gasteiger partial charge in [-0.1, -0.05) is 18.2 Å². The largest absolute Gasteiger partial charge is 0.467 e. The van der Waals surface area contributed by atoms with Crippen LogP contribution in [0.4, 0.5) is 10.5 Å². The zero-order chi connectivity index (χ0) is 15.9. The predicted octanol–water partition coefficient (Wildman–Crippen LogP) is 1.72. The average molecular weight is 305 g/mol. The highest BCUT2D eigenvalue weighted by atomic mass is 16.6. The van der Waals surface area contributed by atoms with E-state index in [2.05, 4.69) is 10.6 Å². The molecular formula is C14H15N3O5. The van der Waals surface area contributed by atoms with Crippen LogP contribution in [0.5, 0.6) is 0 Å². The molecule has 1 atom stereocenters. The molecule has 1 aromatic heterocycles. The first-order valence-corrected chi connectivity index (χ1v) is 6.53. The van der Waals surface area contributed by atoms with Gasteiger partial charge in [-0.25, -0.2) is 4.79 Å². The van der Waals surface area contributed by atoms with Crippen LogP contribution in [-0.4, -0.2) is 22.6 Å². The molecule has 116 valence electrons. The summed E-state index contributed by atoms with van der Waals surface area (Å²) in [4.78, 5) is 22.0. The van der Waals surface area contributed by atoms with Crippen molar-refractivity contribution in [2.75, 3.05) is 6.54 Å². The smallest absolute Gasteiger partial charge is 0.315 e. The maximum absolute atomic E-state index is 11.6. The van der Waals surface area contributed by atoms with E-state index in [4.69, 9.17) is 4.42 Å². The lowest BCUT2D eigenvalue weighted by Crippen LogP contribution is -2.37. The van der Waals surface area contributed by atoms with Gasteiger partial charge >= 0.3 is 6.03 Å². The van der Waals surface area contributed by atoms with E-state index in [0.29, 0.717) is 11.3 Å². The van der Waals surface area contributed by atoms with Crippen LogP contribution >= 0.6 is 0 Å². The third kappa shape index (κ3) is 4.06. The minimum atomic E-state index is -0.952. The number of rotatable bonds is 6. The highest BCUT2D eigenvalue weighted by Gasteiger charge is 2.14. The lowest BCUT2D eigenvalue weighted by molar-refractivity contribution is -0.385. The van der Waals surface area contributed by atoms with Crippen molar-refractivity contribution in [2.45, 2.75) is 12.6 Å². The summed E-state index contributed by atoms with van der Waals surface area (Å²) in [6.45, 7) is -0.0178. The van der Waals surface area contributed by atoms with E-state index in [1.807, 2.05) is 0 Å². The van der Waals surface area contributed by atoms with Crippen LogP contribution in [0.15, 0.2) is 47.1 Å². The molecule has 8 nitrogen and oxygen atoms in total. The molecule has 0 radical (unpaired) electrons. The second kappa shape index (κ2) is 7.23. The monoisotopic (exact) mass is 305 g/mol. The van der Waals surface area contributed by atoms with Gasteiger partial charge in [-0.15, -0.1) is 0 Å². The summed E-state index contributed by atoms with van der Waals surface area (Å²) < 4.78 is 5.00. The zero-order valence-electron chi connectivity index (χ0n) is 11.6. The molecular weight excluding hydrogens is 290 g/mol. The molecule has 0 aliphatic carbocycles. The Morgan fingerprint density at radius 1 is 1.27 bits per heavy atom. The number of hydrogen-bond donors (Lipinski definition) is 3. The number of nitrogens with one attached hydrogen (secondary N) is 2. The van der Waals surface area contributed by atoms with Gasteiger partial charge in [0.25, 0.3) is 5.69 Å². The molecule has 1 unspecified atom stereocenters. The molecule has 2 rings (SSSR count). The number of carbonyl (C=O) groups excluding carboxylic acids is 1. The Balaban J connectivity index is 1.82. The van der Waals surface area contributed by atoms with Crippen molar-refractivity contribution in [1.29, 1.82) is 0 Å². The van der Waals surface area contributed by atoms with E-state index >= 15 is 0 Å². The van der Waals surface area contributed by atoms with Crippen LogP contribution in [0.1, 0.15) is 17.4 Å². The molecule has 0 saturated heterocycles. The van der Waals surface area contributed by atoms with Gasteiger partial charge in [0.1, 0.15) is 11.9 Å². The van der Waals surface area contributed by atoms with E-state index in [9.17, 15) is 20.0 Å². The molecule has 1 heterocycles. The fourth-order valence-electron chi connectivity index (χ4n) is 1.85. The van der Waals surface area contributed by atoms with Gasteiger partial charge < -0.3 is 20.2 Å². The van der Waals surface area contributed by atoms with Crippen LogP contribution < -0.4 is 10.6 Å². The van der Waals surface area contributed by atoms with E-state index < -0.39 is 17.1 Å². The van der Waals surface area contributed by atoms with Gasteiger partial charge in [-0.3, -0.25) is 10.1 Å². The topological polar surface area (TPSA) is 118 Å². The average Bonchev–Trinajstić information content (AvgIpc) is 3.05. The number of aliphatic hydroxyl groups is 1. The number of urea groups is 1. The quantitative estimate of drug-likeness (QED) is 0.555. The summed E-state index contributed by atoms with van der Waals surface area (Å²) in [6, 6.07) is 8.84. The molecule has 0 fully saturated rings. The second-order valence-corrected chi connectivity index (χ2v) is 4.48. The van der Waals surface area contributed by atoms with Crippen molar-refractivity contribution in [3.8, 4) is 0 Å². The summed E-state index contributed by atoms with van der Waals surface area (Å²) in [6.07, 6.45) is 0.472. The van der Waals surface area contributed by atoms with Crippen molar-refractivity contribution in [3.05, 3.63) is 64.1 Å².